The lowest BCUT2D eigenvalue weighted by atomic mass is 10.1. The van der Waals surface area contributed by atoms with E-state index in [4.69, 9.17) is 0 Å². The van der Waals surface area contributed by atoms with Crippen LogP contribution in [-0.2, 0) is 24.4 Å². The van der Waals surface area contributed by atoms with E-state index in [0.29, 0.717) is 17.4 Å². The van der Waals surface area contributed by atoms with Gasteiger partial charge in [-0.15, -0.1) is 0 Å². The number of fused-ring (bicyclic) bond motifs is 1. The first kappa shape index (κ1) is 17.7. The van der Waals surface area contributed by atoms with Crippen LogP contribution in [0.3, 0.4) is 0 Å². The summed E-state index contributed by atoms with van der Waals surface area (Å²) < 4.78 is 2.50. The van der Waals surface area contributed by atoms with E-state index in [-0.39, 0.29) is 24.6 Å². The van der Waals surface area contributed by atoms with Gasteiger partial charge in [0.05, 0.1) is 10.9 Å². The van der Waals surface area contributed by atoms with E-state index >= 15 is 0 Å². The maximum atomic E-state index is 12.6. The zero-order valence-corrected chi connectivity index (χ0v) is 14.9. The van der Waals surface area contributed by atoms with Gasteiger partial charge in [0, 0.05) is 13.1 Å². The molecule has 1 heterocycles. The number of amides is 1. The summed E-state index contributed by atoms with van der Waals surface area (Å²) in [6.45, 7) is 4.24. The zero-order valence-electron chi connectivity index (χ0n) is 14.9. The van der Waals surface area contributed by atoms with Crippen molar-refractivity contribution in [2.75, 3.05) is 0 Å². The van der Waals surface area contributed by atoms with Crippen LogP contribution in [0, 0.1) is 6.92 Å². The number of carbonyl (C=O) groups excluding carboxylic acids is 1. The van der Waals surface area contributed by atoms with E-state index < -0.39 is 5.69 Å². The van der Waals surface area contributed by atoms with E-state index in [9.17, 15) is 14.4 Å². The molecule has 3 aromatic rings. The number of benzene rings is 2. The van der Waals surface area contributed by atoms with E-state index in [1.807, 2.05) is 31.2 Å². The van der Waals surface area contributed by atoms with Crippen molar-refractivity contribution in [3.05, 3.63) is 80.5 Å². The second-order valence-electron chi connectivity index (χ2n) is 6.14. The van der Waals surface area contributed by atoms with Gasteiger partial charge in [0.1, 0.15) is 6.54 Å². The molecular weight excluding hydrogens is 330 g/mol. The summed E-state index contributed by atoms with van der Waals surface area (Å²) in [6, 6.07) is 14.7. The maximum Gasteiger partial charge on any atom is 0.331 e. The lowest BCUT2D eigenvalue weighted by molar-refractivity contribution is -0.121. The molecule has 0 bridgehead atoms. The second kappa shape index (κ2) is 7.39. The number of para-hydroxylation sites is 1. The van der Waals surface area contributed by atoms with Gasteiger partial charge in [-0.3, -0.25) is 18.7 Å². The molecule has 0 atom stereocenters. The highest BCUT2D eigenvalue weighted by molar-refractivity contribution is 5.81. The summed E-state index contributed by atoms with van der Waals surface area (Å²) >= 11 is 0. The largest absolute Gasteiger partial charge is 0.350 e. The Bertz CT molecular complexity index is 1080. The van der Waals surface area contributed by atoms with Crippen molar-refractivity contribution in [3.63, 3.8) is 0 Å². The number of aromatic nitrogens is 2. The fraction of sp³-hybridized carbons (Fsp3) is 0.250. The zero-order chi connectivity index (χ0) is 18.7. The Morgan fingerprint density at radius 2 is 1.69 bits per heavy atom. The average molecular weight is 351 g/mol. The average Bonchev–Trinajstić information content (AvgIpc) is 2.65. The Labute approximate surface area is 150 Å². The molecular formula is C20H21N3O3. The van der Waals surface area contributed by atoms with Crippen molar-refractivity contribution >= 4 is 16.8 Å². The van der Waals surface area contributed by atoms with Crippen LogP contribution < -0.4 is 16.6 Å². The number of nitrogens with one attached hydrogen (secondary N) is 1. The SMILES string of the molecule is CCn1c(=O)c2ccccc2n(CC(=O)NCc2ccccc2C)c1=O. The highest BCUT2D eigenvalue weighted by Crippen LogP contribution is 2.08. The van der Waals surface area contributed by atoms with Gasteiger partial charge < -0.3 is 5.32 Å². The Kier molecular flexibility index (Phi) is 5.02. The maximum absolute atomic E-state index is 12.6. The topological polar surface area (TPSA) is 73.1 Å². The first-order valence-electron chi connectivity index (χ1n) is 8.56. The normalized spacial score (nSPS) is 10.8. The van der Waals surface area contributed by atoms with Gasteiger partial charge in [0.25, 0.3) is 5.56 Å². The molecule has 1 amide bonds. The molecule has 0 saturated carbocycles. The number of nitrogens with zero attached hydrogens (tertiary/aromatic N) is 2. The van der Waals surface area contributed by atoms with Crippen LogP contribution in [0.1, 0.15) is 18.1 Å². The molecule has 6 nitrogen and oxygen atoms in total. The Balaban J connectivity index is 1.91. The third-order valence-electron chi connectivity index (χ3n) is 4.49. The van der Waals surface area contributed by atoms with Crippen LogP contribution in [-0.4, -0.2) is 15.0 Å². The van der Waals surface area contributed by atoms with E-state index in [1.165, 1.54) is 4.57 Å². The second-order valence-corrected chi connectivity index (χ2v) is 6.14. The van der Waals surface area contributed by atoms with Crippen LogP contribution in [0.25, 0.3) is 10.9 Å². The minimum atomic E-state index is -0.470. The number of rotatable bonds is 5. The van der Waals surface area contributed by atoms with Gasteiger partial charge in [-0.05, 0) is 37.1 Å². The van der Waals surface area contributed by atoms with Gasteiger partial charge in [0.15, 0.2) is 0 Å². The van der Waals surface area contributed by atoms with Crippen molar-refractivity contribution < 1.29 is 4.79 Å². The predicted molar refractivity (Wildman–Crippen MR) is 101 cm³/mol. The van der Waals surface area contributed by atoms with Crippen LogP contribution >= 0.6 is 0 Å². The highest BCUT2D eigenvalue weighted by Gasteiger charge is 2.14. The predicted octanol–water partition coefficient (Wildman–Crippen LogP) is 1.81. The van der Waals surface area contributed by atoms with Gasteiger partial charge in [-0.2, -0.15) is 0 Å². The van der Waals surface area contributed by atoms with Gasteiger partial charge in [0.2, 0.25) is 5.91 Å². The molecule has 134 valence electrons. The van der Waals surface area contributed by atoms with Crippen molar-refractivity contribution in [1.82, 2.24) is 14.5 Å². The van der Waals surface area contributed by atoms with Crippen molar-refractivity contribution in [2.24, 2.45) is 0 Å². The first-order valence-corrected chi connectivity index (χ1v) is 8.56. The molecule has 0 fully saturated rings. The van der Waals surface area contributed by atoms with E-state index in [2.05, 4.69) is 5.32 Å². The van der Waals surface area contributed by atoms with Gasteiger partial charge in [-0.25, -0.2) is 4.79 Å². The Hall–Kier alpha value is -3.15. The molecule has 0 aliphatic carbocycles. The molecule has 0 unspecified atom stereocenters. The summed E-state index contributed by atoms with van der Waals surface area (Å²) in [4.78, 5) is 37.5. The lowest BCUT2D eigenvalue weighted by Crippen LogP contribution is -2.42. The van der Waals surface area contributed by atoms with Gasteiger partial charge >= 0.3 is 5.69 Å². The molecule has 1 aromatic heterocycles. The van der Waals surface area contributed by atoms with Gasteiger partial charge in [-0.1, -0.05) is 36.4 Å². The summed E-state index contributed by atoms with van der Waals surface area (Å²) in [6.07, 6.45) is 0. The minimum Gasteiger partial charge on any atom is -0.350 e. The van der Waals surface area contributed by atoms with Crippen LogP contribution in [0.4, 0.5) is 0 Å². The number of hydrogen-bond acceptors (Lipinski definition) is 3. The number of carbonyl (C=O) groups is 1. The van der Waals surface area contributed by atoms with Crippen molar-refractivity contribution in [2.45, 2.75) is 33.5 Å². The van der Waals surface area contributed by atoms with Crippen LogP contribution in [0.15, 0.2) is 58.1 Å². The summed E-state index contributed by atoms with van der Waals surface area (Å²) in [7, 11) is 0. The van der Waals surface area contributed by atoms with E-state index in [0.717, 1.165) is 15.7 Å². The smallest absolute Gasteiger partial charge is 0.331 e. The molecule has 2 aromatic carbocycles. The monoisotopic (exact) mass is 351 g/mol. The summed E-state index contributed by atoms with van der Waals surface area (Å²) in [5, 5.41) is 3.28. The standard InChI is InChI=1S/C20H21N3O3/c1-3-22-19(25)16-10-6-7-11-17(16)23(20(22)26)13-18(24)21-12-15-9-5-4-8-14(15)2/h4-11H,3,12-13H2,1-2H3,(H,21,24). The molecule has 1 N–H and O–H groups in total. The number of aryl methyl sites for hydroxylation is 1. The molecule has 0 aliphatic rings. The third kappa shape index (κ3) is 3.31. The quantitative estimate of drug-likeness (QED) is 0.762. The fourth-order valence-electron chi connectivity index (χ4n) is 3.00. The fourth-order valence-corrected chi connectivity index (χ4v) is 3.00. The van der Waals surface area contributed by atoms with Crippen molar-refractivity contribution in [3.8, 4) is 0 Å². The molecule has 6 heteroatoms. The third-order valence-corrected chi connectivity index (χ3v) is 4.49. The van der Waals surface area contributed by atoms with Crippen LogP contribution in [0.2, 0.25) is 0 Å². The molecule has 0 spiro atoms. The summed E-state index contributed by atoms with van der Waals surface area (Å²) in [5.74, 6) is -0.276. The molecule has 0 aliphatic heterocycles. The first-order chi connectivity index (χ1) is 12.5. The Morgan fingerprint density at radius 3 is 2.42 bits per heavy atom. The van der Waals surface area contributed by atoms with Crippen LogP contribution in [0.5, 0.6) is 0 Å². The number of hydrogen-bond donors (Lipinski definition) is 1. The molecule has 26 heavy (non-hydrogen) atoms. The van der Waals surface area contributed by atoms with E-state index in [1.54, 1.807) is 31.2 Å². The highest BCUT2D eigenvalue weighted by atomic mass is 16.2. The lowest BCUT2D eigenvalue weighted by Gasteiger charge is -2.13. The molecule has 3 rings (SSSR count). The van der Waals surface area contributed by atoms with Crippen molar-refractivity contribution in [1.29, 1.82) is 0 Å². The Morgan fingerprint density at radius 1 is 1.00 bits per heavy atom. The minimum absolute atomic E-state index is 0.133. The molecule has 0 radical (unpaired) electrons. The molecule has 0 saturated heterocycles. The summed E-state index contributed by atoms with van der Waals surface area (Å²) in [5.41, 5.74) is 1.79.